The van der Waals surface area contributed by atoms with Crippen LogP contribution in [0.1, 0.15) is 29.5 Å². The highest BCUT2D eigenvalue weighted by atomic mass is 79.9. The van der Waals surface area contributed by atoms with Gasteiger partial charge in [0, 0.05) is 31.2 Å². The van der Waals surface area contributed by atoms with E-state index in [-0.39, 0.29) is 0 Å². The maximum Gasteiger partial charge on any atom is 0.0595 e. The van der Waals surface area contributed by atoms with Gasteiger partial charge in [-0.2, -0.15) is 0 Å². The molecule has 0 atom stereocenters. The van der Waals surface area contributed by atoms with Gasteiger partial charge in [-0.3, -0.25) is 4.90 Å². The summed E-state index contributed by atoms with van der Waals surface area (Å²) in [4.78, 5) is 2.53. The Kier molecular flexibility index (Phi) is 4.82. The lowest BCUT2D eigenvalue weighted by Crippen LogP contribution is -2.36. The summed E-state index contributed by atoms with van der Waals surface area (Å²) in [7, 11) is 1.82. The van der Waals surface area contributed by atoms with Gasteiger partial charge in [0.25, 0.3) is 0 Å². The Labute approximate surface area is 118 Å². The van der Waals surface area contributed by atoms with Crippen LogP contribution in [0.15, 0.2) is 16.6 Å². The van der Waals surface area contributed by atoms with Crippen LogP contribution in [0.3, 0.4) is 0 Å². The first-order valence-corrected chi connectivity index (χ1v) is 7.40. The summed E-state index contributed by atoms with van der Waals surface area (Å²) in [5.74, 6) is 0. The molecular formula is C15H22BrNO. The summed E-state index contributed by atoms with van der Waals surface area (Å²) >= 11 is 3.63. The third-order valence-electron chi connectivity index (χ3n) is 3.77. The lowest BCUT2D eigenvalue weighted by Gasteiger charge is -2.31. The summed E-state index contributed by atoms with van der Waals surface area (Å²) in [6, 6.07) is 4.58. The molecule has 18 heavy (non-hydrogen) atoms. The Morgan fingerprint density at radius 3 is 2.28 bits per heavy atom. The molecule has 0 radical (unpaired) electrons. The van der Waals surface area contributed by atoms with E-state index in [1.807, 2.05) is 7.11 Å². The number of aryl methyl sites for hydroxylation is 2. The Balaban J connectivity index is 1.98. The molecule has 0 amide bonds. The van der Waals surface area contributed by atoms with E-state index in [0.29, 0.717) is 6.10 Å². The van der Waals surface area contributed by atoms with Crippen molar-refractivity contribution in [1.29, 1.82) is 0 Å². The number of ether oxygens (including phenoxy) is 1. The van der Waals surface area contributed by atoms with E-state index in [9.17, 15) is 0 Å². The predicted octanol–water partition coefficient (Wildman–Crippen LogP) is 3.68. The fraction of sp³-hybridized carbons (Fsp3) is 0.600. The maximum atomic E-state index is 5.41. The molecule has 3 heteroatoms. The summed E-state index contributed by atoms with van der Waals surface area (Å²) < 4.78 is 6.65. The van der Waals surface area contributed by atoms with Crippen molar-refractivity contribution >= 4 is 15.9 Å². The number of nitrogens with zero attached hydrogens (tertiary/aromatic N) is 1. The molecule has 0 spiro atoms. The van der Waals surface area contributed by atoms with Gasteiger partial charge >= 0.3 is 0 Å². The Morgan fingerprint density at radius 1 is 1.22 bits per heavy atom. The van der Waals surface area contributed by atoms with Gasteiger partial charge in [-0.1, -0.05) is 28.1 Å². The molecule has 2 rings (SSSR count). The first kappa shape index (κ1) is 14.0. The minimum Gasteiger partial charge on any atom is -0.381 e. The monoisotopic (exact) mass is 311 g/mol. The number of methoxy groups -OCH3 is 1. The Morgan fingerprint density at radius 2 is 1.78 bits per heavy atom. The largest absolute Gasteiger partial charge is 0.381 e. The van der Waals surface area contributed by atoms with Crippen LogP contribution in [-0.2, 0) is 11.3 Å². The van der Waals surface area contributed by atoms with Crippen molar-refractivity contribution in [2.45, 2.75) is 39.3 Å². The third kappa shape index (κ3) is 3.34. The summed E-state index contributed by atoms with van der Waals surface area (Å²) in [6.07, 6.45) is 2.78. The van der Waals surface area contributed by atoms with Crippen molar-refractivity contribution in [3.05, 3.63) is 33.3 Å². The highest BCUT2D eigenvalue weighted by Crippen LogP contribution is 2.24. The molecule has 0 aliphatic carbocycles. The molecule has 1 aliphatic rings. The molecule has 100 valence electrons. The lowest BCUT2D eigenvalue weighted by atomic mass is 10.0. The zero-order valence-electron chi connectivity index (χ0n) is 11.5. The second-order valence-corrected chi connectivity index (χ2v) is 6.05. The second-order valence-electron chi connectivity index (χ2n) is 5.25. The topological polar surface area (TPSA) is 12.5 Å². The zero-order chi connectivity index (χ0) is 13.1. The van der Waals surface area contributed by atoms with Crippen molar-refractivity contribution in [3.63, 3.8) is 0 Å². The first-order valence-electron chi connectivity index (χ1n) is 6.61. The van der Waals surface area contributed by atoms with E-state index in [0.717, 1.165) is 32.5 Å². The fourth-order valence-electron chi connectivity index (χ4n) is 2.69. The highest BCUT2D eigenvalue weighted by Gasteiger charge is 2.18. The minimum absolute atomic E-state index is 0.467. The van der Waals surface area contributed by atoms with E-state index in [1.54, 1.807) is 0 Å². The number of piperidine rings is 1. The number of rotatable bonds is 3. The van der Waals surface area contributed by atoms with E-state index >= 15 is 0 Å². The molecule has 0 bridgehead atoms. The van der Waals surface area contributed by atoms with Gasteiger partial charge in [0.2, 0.25) is 0 Å². The van der Waals surface area contributed by atoms with Crippen LogP contribution in [0.2, 0.25) is 0 Å². The number of hydrogen-bond acceptors (Lipinski definition) is 2. The Hall–Kier alpha value is -0.380. The van der Waals surface area contributed by atoms with Crippen LogP contribution >= 0.6 is 15.9 Å². The van der Waals surface area contributed by atoms with Gasteiger partial charge in [0.1, 0.15) is 0 Å². The van der Waals surface area contributed by atoms with Gasteiger partial charge in [-0.05, 0) is 43.4 Å². The van der Waals surface area contributed by atoms with E-state index in [4.69, 9.17) is 4.74 Å². The fourth-order valence-corrected chi connectivity index (χ4v) is 2.92. The predicted molar refractivity (Wildman–Crippen MR) is 78.9 cm³/mol. The van der Waals surface area contributed by atoms with Crippen LogP contribution in [0, 0.1) is 13.8 Å². The Bertz CT molecular complexity index is 388. The zero-order valence-corrected chi connectivity index (χ0v) is 13.1. The van der Waals surface area contributed by atoms with Crippen LogP contribution < -0.4 is 0 Å². The first-order chi connectivity index (χ1) is 8.60. The SMILES string of the molecule is COC1CCN(Cc2cc(C)c(Br)c(C)c2)CC1. The maximum absolute atomic E-state index is 5.41. The van der Waals surface area contributed by atoms with E-state index in [1.165, 1.54) is 21.2 Å². The quantitative estimate of drug-likeness (QED) is 0.844. The average Bonchev–Trinajstić information content (AvgIpc) is 2.37. The summed E-state index contributed by atoms with van der Waals surface area (Å²) in [6.45, 7) is 7.68. The molecule has 2 nitrogen and oxygen atoms in total. The number of hydrogen-bond donors (Lipinski definition) is 0. The normalized spacial score (nSPS) is 18.2. The average molecular weight is 312 g/mol. The molecule has 0 aromatic heterocycles. The molecule has 1 fully saturated rings. The summed E-state index contributed by atoms with van der Waals surface area (Å²) in [5.41, 5.74) is 4.08. The third-order valence-corrected chi connectivity index (χ3v) is 5.02. The minimum atomic E-state index is 0.467. The second kappa shape index (κ2) is 6.18. The van der Waals surface area contributed by atoms with Gasteiger partial charge < -0.3 is 4.74 Å². The van der Waals surface area contributed by atoms with Crippen molar-refractivity contribution in [2.24, 2.45) is 0 Å². The summed E-state index contributed by atoms with van der Waals surface area (Å²) in [5, 5.41) is 0. The number of likely N-dealkylation sites (tertiary alicyclic amines) is 1. The van der Waals surface area contributed by atoms with Crippen molar-refractivity contribution < 1.29 is 4.74 Å². The van der Waals surface area contributed by atoms with Crippen LogP contribution in [0.4, 0.5) is 0 Å². The van der Waals surface area contributed by atoms with Gasteiger partial charge in [-0.25, -0.2) is 0 Å². The van der Waals surface area contributed by atoms with Crippen LogP contribution in [0.5, 0.6) is 0 Å². The van der Waals surface area contributed by atoms with E-state index < -0.39 is 0 Å². The highest BCUT2D eigenvalue weighted by molar-refractivity contribution is 9.10. The van der Waals surface area contributed by atoms with Crippen molar-refractivity contribution in [2.75, 3.05) is 20.2 Å². The molecule has 0 unspecified atom stereocenters. The molecule has 1 aromatic rings. The van der Waals surface area contributed by atoms with Gasteiger partial charge in [-0.15, -0.1) is 0 Å². The lowest BCUT2D eigenvalue weighted by molar-refractivity contribution is 0.0388. The molecule has 1 saturated heterocycles. The van der Waals surface area contributed by atoms with Gasteiger partial charge in [0.15, 0.2) is 0 Å². The number of benzene rings is 1. The van der Waals surface area contributed by atoms with Crippen molar-refractivity contribution in [1.82, 2.24) is 4.90 Å². The molecule has 1 heterocycles. The molecular weight excluding hydrogens is 290 g/mol. The smallest absolute Gasteiger partial charge is 0.0595 e. The number of halogens is 1. The molecule has 0 saturated carbocycles. The standard InChI is InChI=1S/C15H22BrNO/c1-11-8-13(9-12(2)15(11)16)10-17-6-4-14(18-3)5-7-17/h8-9,14H,4-7,10H2,1-3H3. The van der Waals surface area contributed by atoms with Crippen LogP contribution in [0.25, 0.3) is 0 Å². The van der Waals surface area contributed by atoms with Crippen molar-refractivity contribution in [3.8, 4) is 0 Å². The van der Waals surface area contributed by atoms with E-state index in [2.05, 4.69) is 46.8 Å². The molecule has 1 aromatic carbocycles. The van der Waals surface area contributed by atoms with Gasteiger partial charge in [0.05, 0.1) is 6.10 Å². The van der Waals surface area contributed by atoms with Crippen LogP contribution in [-0.4, -0.2) is 31.2 Å². The molecule has 1 aliphatic heterocycles. The molecule has 0 N–H and O–H groups in total.